The maximum Gasteiger partial charge on any atom is 0.202 e. The van der Waals surface area contributed by atoms with E-state index in [1.165, 1.54) is 0 Å². The van der Waals surface area contributed by atoms with Gasteiger partial charge in [-0.3, -0.25) is 0 Å². The van der Waals surface area contributed by atoms with Crippen LogP contribution in [-0.2, 0) is 9.84 Å². The largest absolute Gasteiger partial charge is 0.393 e. The standard InChI is InChI=1S/C15H20O3S/c1-12(11-13-7-5-6-10-15(13)16)19(17,18)14-8-3-2-4-9-14/h2-4,8-9,13,15-16H,1,5-7,10-11H2/t13-,15+/m0/s1. The molecule has 2 atom stereocenters. The summed E-state index contributed by atoms with van der Waals surface area (Å²) in [5, 5.41) is 9.92. The van der Waals surface area contributed by atoms with E-state index in [0.717, 1.165) is 25.7 Å². The van der Waals surface area contributed by atoms with Crippen molar-refractivity contribution in [3.8, 4) is 0 Å². The molecule has 0 aromatic heterocycles. The molecule has 1 aromatic carbocycles. The van der Waals surface area contributed by atoms with E-state index in [2.05, 4.69) is 6.58 Å². The van der Waals surface area contributed by atoms with Gasteiger partial charge in [-0.25, -0.2) is 8.42 Å². The molecule has 0 saturated heterocycles. The molecule has 1 fully saturated rings. The first-order chi connectivity index (χ1) is 9.01. The number of hydrogen-bond donors (Lipinski definition) is 1. The molecule has 1 saturated carbocycles. The first-order valence-electron chi connectivity index (χ1n) is 6.68. The minimum atomic E-state index is -3.47. The predicted molar refractivity (Wildman–Crippen MR) is 75.3 cm³/mol. The van der Waals surface area contributed by atoms with Crippen molar-refractivity contribution in [1.29, 1.82) is 0 Å². The van der Waals surface area contributed by atoms with Gasteiger partial charge in [-0.2, -0.15) is 0 Å². The highest BCUT2D eigenvalue weighted by molar-refractivity contribution is 7.95. The van der Waals surface area contributed by atoms with Gasteiger partial charge < -0.3 is 5.11 Å². The van der Waals surface area contributed by atoms with Crippen molar-refractivity contribution in [3.05, 3.63) is 41.8 Å². The van der Waals surface area contributed by atoms with Gasteiger partial charge >= 0.3 is 0 Å². The molecule has 0 unspecified atom stereocenters. The molecule has 1 aliphatic rings. The summed E-state index contributed by atoms with van der Waals surface area (Å²) < 4.78 is 24.7. The average Bonchev–Trinajstić information content (AvgIpc) is 2.42. The maximum absolute atomic E-state index is 12.3. The molecule has 0 radical (unpaired) electrons. The van der Waals surface area contributed by atoms with E-state index < -0.39 is 15.9 Å². The molecule has 1 aliphatic carbocycles. The Morgan fingerprint density at radius 2 is 1.84 bits per heavy atom. The first-order valence-corrected chi connectivity index (χ1v) is 8.16. The van der Waals surface area contributed by atoms with Crippen LogP contribution in [0.3, 0.4) is 0 Å². The highest BCUT2D eigenvalue weighted by atomic mass is 32.2. The molecule has 1 aromatic rings. The summed E-state index contributed by atoms with van der Waals surface area (Å²) in [4.78, 5) is 0.495. The molecule has 0 heterocycles. The van der Waals surface area contributed by atoms with E-state index in [1.807, 2.05) is 0 Å². The first kappa shape index (κ1) is 14.3. The summed E-state index contributed by atoms with van der Waals surface area (Å²) in [5.41, 5.74) is 0. The van der Waals surface area contributed by atoms with E-state index in [0.29, 0.717) is 6.42 Å². The van der Waals surface area contributed by atoms with Crippen molar-refractivity contribution in [3.63, 3.8) is 0 Å². The lowest BCUT2D eigenvalue weighted by Gasteiger charge is -2.28. The van der Waals surface area contributed by atoms with Crippen molar-refractivity contribution in [2.24, 2.45) is 5.92 Å². The predicted octanol–water partition coefficient (Wildman–Crippen LogP) is 2.92. The van der Waals surface area contributed by atoms with Gasteiger partial charge in [0.2, 0.25) is 9.84 Å². The van der Waals surface area contributed by atoms with Crippen molar-refractivity contribution in [1.82, 2.24) is 0 Å². The average molecular weight is 280 g/mol. The third-order valence-corrected chi connectivity index (χ3v) is 5.61. The van der Waals surface area contributed by atoms with Gasteiger partial charge in [-0.15, -0.1) is 0 Å². The molecule has 3 nitrogen and oxygen atoms in total. The van der Waals surface area contributed by atoms with Gasteiger partial charge in [0, 0.05) is 4.91 Å². The fourth-order valence-corrected chi connectivity index (χ4v) is 3.88. The summed E-state index contributed by atoms with van der Waals surface area (Å²) in [7, 11) is -3.47. The van der Waals surface area contributed by atoms with Crippen LogP contribution in [-0.4, -0.2) is 19.6 Å². The quantitative estimate of drug-likeness (QED) is 0.922. The van der Waals surface area contributed by atoms with Crippen molar-refractivity contribution >= 4 is 9.84 Å². The fourth-order valence-electron chi connectivity index (χ4n) is 2.59. The molecule has 0 bridgehead atoms. The Hall–Kier alpha value is -1.13. The number of aliphatic hydroxyl groups is 1. The van der Waals surface area contributed by atoms with Gasteiger partial charge in [0.05, 0.1) is 11.0 Å². The van der Waals surface area contributed by atoms with Crippen LogP contribution in [0, 0.1) is 5.92 Å². The number of sulfone groups is 1. The van der Waals surface area contributed by atoms with Crippen molar-refractivity contribution in [2.45, 2.75) is 43.1 Å². The summed E-state index contributed by atoms with van der Waals surface area (Å²) in [5.74, 6) is 0.0275. The zero-order valence-corrected chi connectivity index (χ0v) is 11.8. The molecular weight excluding hydrogens is 260 g/mol. The van der Waals surface area contributed by atoms with Gasteiger partial charge in [0.25, 0.3) is 0 Å². The molecule has 1 N–H and O–H groups in total. The van der Waals surface area contributed by atoms with Gasteiger partial charge in [0.15, 0.2) is 0 Å². The minimum Gasteiger partial charge on any atom is -0.393 e. The molecule has 0 amide bonds. The second kappa shape index (κ2) is 5.88. The third-order valence-electron chi connectivity index (χ3n) is 3.79. The van der Waals surface area contributed by atoms with E-state index in [-0.39, 0.29) is 15.7 Å². The van der Waals surface area contributed by atoms with Crippen LogP contribution in [0.25, 0.3) is 0 Å². The Morgan fingerprint density at radius 1 is 1.21 bits per heavy atom. The Bertz CT molecular complexity index is 534. The Balaban J connectivity index is 2.11. The molecule has 4 heteroatoms. The molecule has 19 heavy (non-hydrogen) atoms. The van der Waals surface area contributed by atoms with Crippen molar-refractivity contribution < 1.29 is 13.5 Å². The number of aliphatic hydroxyl groups excluding tert-OH is 1. The van der Waals surface area contributed by atoms with Crippen LogP contribution in [0.5, 0.6) is 0 Å². The summed E-state index contributed by atoms with van der Waals surface area (Å²) in [6, 6.07) is 8.35. The Kier molecular flexibility index (Phi) is 4.42. The number of benzene rings is 1. The minimum absolute atomic E-state index is 0.0275. The van der Waals surface area contributed by atoms with Gasteiger partial charge in [-0.1, -0.05) is 37.6 Å². The van der Waals surface area contributed by atoms with Gasteiger partial charge in [0.1, 0.15) is 0 Å². The smallest absolute Gasteiger partial charge is 0.202 e. The summed E-state index contributed by atoms with van der Waals surface area (Å²) in [6.45, 7) is 3.73. The molecular formula is C15H20O3S. The number of allylic oxidation sites excluding steroid dienone is 1. The lowest BCUT2D eigenvalue weighted by Crippen LogP contribution is -2.25. The lowest BCUT2D eigenvalue weighted by atomic mass is 9.84. The normalized spacial score (nSPS) is 24.1. The molecule has 104 valence electrons. The summed E-state index contributed by atoms with van der Waals surface area (Å²) >= 11 is 0. The monoisotopic (exact) mass is 280 g/mol. The van der Waals surface area contributed by atoms with Gasteiger partial charge in [-0.05, 0) is 37.3 Å². The third kappa shape index (κ3) is 3.25. The number of rotatable bonds is 4. The Morgan fingerprint density at radius 3 is 2.47 bits per heavy atom. The summed E-state index contributed by atoms with van der Waals surface area (Å²) in [6.07, 6.45) is 3.69. The second-order valence-corrected chi connectivity index (χ2v) is 7.23. The highest BCUT2D eigenvalue weighted by Gasteiger charge is 2.27. The maximum atomic E-state index is 12.3. The van der Waals surface area contributed by atoms with E-state index in [9.17, 15) is 13.5 Å². The molecule has 0 spiro atoms. The highest BCUT2D eigenvalue weighted by Crippen LogP contribution is 2.32. The Labute approximate surface area is 114 Å². The lowest BCUT2D eigenvalue weighted by molar-refractivity contribution is 0.0709. The van der Waals surface area contributed by atoms with Crippen LogP contribution < -0.4 is 0 Å². The zero-order chi connectivity index (χ0) is 13.9. The van der Waals surface area contributed by atoms with Crippen molar-refractivity contribution in [2.75, 3.05) is 0 Å². The topological polar surface area (TPSA) is 54.4 Å². The zero-order valence-electron chi connectivity index (χ0n) is 11.0. The van der Waals surface area contributed by atoms with E-state index in [1.54, 1.807) is 30.3 Å². The van der Waals surface area contributed by atoms with E-state index in [4.69, 9.17) is 0 Å². The van der Waals surface area contributed by atoms with Crippen LogP contribution in [0.15, 0.2) is 46.7 Å². The fraction of sp³-hybridized carbons (Fsp3) is 0.467. The van der Waals surface area contributed by atoms with Crippen LogP contribution in [0.4, 0.5) is 0 Å². The second-order valence-electron chi connectivity index (χ2n) is 5.17. The van der Waals surface area contributed by atoms with Crippen LogP contribution in [0.2, 0.25) is 0 Å². The number of hydrogen-bond acceptors (Lipinski definition) is 3. The van der Waals surface area contributed by atoms with E-state index >= 15 is 0 Å². The SMILES string of the molecule is C=C(C[C@@H]1CCCC[C@H]1O)S(=O)(=O)c1ccccc1. The molecule has 2 rings (SSSR count). The molecule has 0 aliphatic heterocycles. The van der Waals surface area contributed by atoms with Crippen LogP contribution in [0.1, 0.15) is 32.1 Å². The van der Waals surface area contributed by atoms with Crippen LogP contribution >= 0.6 is 0 Å².